The van der Waals surface area contributed by atoms with Crippen LogP contribution in [0, 0.1) is 0 Å². The van der Waals surface area contributed by atoms with Crippen molar-refractivity contribution in [3.8, 4) is 5.69 Å². The lowest BCUT2D eigenvalue weighted by atomic mass is 9.93. The Bertz CT molecular complexity index is 593. The van der Waals surface area contributed by atoms with Crippen LogP contribution in [0.4, 0.5) is 5.69 Å². The smallest absolute Gasteiger partial charge is 0.0453 e. The van der Waals surface area contributed by atoms with Crippen molar-refractivity contribution in [1.29, 1.82) is 0 Å². The molecule has 1 heterocycles. The molecule has 0 amide bonds. The number of hydrogen-bond donors (Lipinski definition) is 1. The van der Waals surface area contributed by atoms with Gasteiger partial charge in [0.1, 0.15) is 0 Å². The Kier molecular flexibility index (Phi) is 4.02. The summed E-state index contributed by atoms with van der Waals surface area (Å²) in [6.07, 6.45) is 5.60. The first-order valence-corrected chi connectivity index (χ1v) is 8.05. The number of nitrogens with two attached hydrogens (primary N) is 1. The van der Waals surface area contributed by atoms with E-state index in [9.17, 15) is 0 Å². The van der Waals surface area contributed by atoms with Crippen molar-refractivity contribution in [3.05, 3.63) is 47.8 Å². The molecule has 112 valence electrons. The van der Waals surface area contributed by atoms with Crippen LogP contribution in [-0.4, -0.2) is 17.7 Å². The van der Waals surface area contributed by atoms with Gasteiger partial charge in [-0.25, -0.2) is 0 Å². The van der Waals surface area contributed by atoms with E-state index < -0.39 is 0 Å². The average molecular weight is 283 g/mol. The molecule has 0 fully saturated rings. The first kappa shape index (κ1) is 14.2. The molecule has 1 unspecified atom stereocenters. The highest BCUT2D eigenvalue weighted by Gasteiger charge is 2.20. The maximum absolute atomic E-state index is 6.22. The number of anilines is 1. The Labute approximate surface area is 127 Å². The molecule has 0 spiro atoms. The standard InChI is InChI=1S/C18H25N3/c1-3-20(4-2)14-8-10-15(11-9-14)21-13-12-16-17(19)6-5-7-18(16)21/h8-13,17H,3-7,19H2,1-2H3. The van der Waals surface area contributed by atoms with Crippen molar-refractivity contribution in [2.24, 2.45) is 5.73 Å². The zero-order valence-corrected chi connectivity index (χ0v) is 13.0. The van der Waals surface area contributed by atoms with Crippen molar-refractivity contribution in [2.45, 2.75) is 39.2 Å². The Hall–Kier alpha value is -1.74. The lowest BCUT2D eigenvalue weighted by Crippen LogP contribution is -2.21. The third kappa shape index (κ3) is 2.58. The molecule has 1 aliphatic rings. The van der Waals surface area contributed by atoms with E-state index in [1.807, 2.05) is 0 Å². The van der Waals surface area contributed by atoms with Crippen LogP contribution >= 0.6 is 0 Å². The van der Waals surface area contributed by atoms with Gasteiger partial charge in [-0.05, 0) is 69.0 Å². The summed E-state index contributed by atoms with van der Waals surface area (Å²) in [6.45, 7) is 6.48. The van der Waals surface area contributed by atoms with Gasteiger partial charge in [0, 0.05) is 42.4 Å². The maximum atomic E-state index is 6.22. The van der Waals surface area contributed by atoms with Crippen molar-refractivity contribution in [2.75, 3.05) is 18.0 Å². The van der Waals surface area contributed by atoms with Gasteiger partial charge in [0.05, 0.1) is 0 Å². The summed E-state index contributed by atoms with van der Waals surface area (Å²) in [5, 5.41) is 0. The molecule has 3 heteroatoms. The molecular weight excluding hydrogens is 258 g/mol. The topological polar surface area (TPSA) is 34.2 Å². The van der Waals surface area contributed by atoms with Gasteiger partial charge in [0.25, 0.3) is 0 Å². The molecule has 0 aliphatic heterocycles. The molecule has 3 nitrogen and oxygen atoms in total. The molecule has 2 aromatic rings. The highest BCUT2D eigenvalue weighted by molar-refractivity contribution is 5.52. The SMILES string of the molecule is CCN(CC)c1ccc(-n2ccc3c2CCCC3N)cc1. The van der Waals surface area contributed by atoms with Gasteiger partial charge in [-0.3, -0.25) is 0 Å². The fourth-order valence-corrected chi connectivity index (χ4v) is 3.38. The minimum atomic E-state index is 0.213. The quantitative estimate of drug-likeness (QED) is 0.929. The van der Waals surface area contributed by atoms with Gasteiger partial charge >= 0.3 is 0 Å². The summed E-state index contributed by atoms with van der Waals surface area (Å²) >= 11 is 0. The Morgan fingerprint density at radius 2 is 1.86 bits per heavy atom. The fraction of sp³-hybridized carbons (Fsp3) is 0.444. The zero-order chi connectivity index (χ0) is 14.8. The second-order valence-corrected chi connectivity index (χ2v) is 5.78. The summed E-state index contributed by atoms with van der Waals surface area (Å²) in [6, 6.07) is 11.3. The molecule has 1 aromatic carbocycles. The lowest BCUT2D eigenvalue weighted by Gasteiger charge is -2.23. The van der Waals surface area contributed by atoms with Crippen LogP contribution in [0.5, 0.6) is 0 Å². The van der Waals surface area contributed by atoms with Gasteiger partial charge in [-0.1, -0.05) is 0 Å². The van der Waals surface area contributed by atoms with E-state index >= 15 is 0 Å². The van der Waals surface area contributed by atoms with Crippen LogP contribution in [0.3, 0.4) is 0 Å². The van der Waals surface area contributed by atoms with E-state index in [0.717, 1.165) is 25.9 Å². The van der Waals surface area contributed by atoms with Crippen LogP contribution in [0.15, 0.2) is 36.5 Å². The number of rotatable bonds is 4. The molecule has 21 heavy (non-hydrogen) atoms. The van der Waals surface area contributed by atoms with E-state index in [1.54, 1.807) is 0 Å². The third-order valence-corrected chi connectivity index (χ3v) is 4.61. The Balaban J connectivity index is 1.91. The number of fused-ring (bicyclic) bond motifs is 1. The first-order valence-electron chi connectivity index (χ1n) is 8.05. The average Bonchev–Trinajstić information content (AvgIpc) is 2.95. The predicted molar refractivity (Wildman–Crippen MR) is 89.2 cm³/mol. The Morgan fingerprint density at radius 1 is 1.14 bits per heavy atom. The molecule has 1 aromatic heterocycles. The molecule has 0 bridgehead atoms. The molecular formula is C18H25N3. The summed E-state index contributed by atoms with van der Waals surface area (Å²) in [4.78, 5) is 2.37. The van der Waals surface area contributed by atoms with E-state index in [2.05, 4.69) is 59.8 Å². The fourth-order valence-electron chi connectivity index (χ4n) is 3.38. The van der Waals surface area contributed by atoms with E-state index in [-0.39, 0.29) is 6.04 Å². The van der Waals surface area contributed by atoms with E-state index in [1.165, 1.54) is 29.1 Å². The second-order valence-electron chi connectivity index (χ2n) is 5.78. The molecule has 3 rings (SSSR count). The third-order valence-electron chi connectivity index (χ3n) is 4.61. The maximum Gasteiger partial charge on any atom is 0.0453 e. The van der Waals surface area contributed by atoms with Crippen molar-refractivity contribution in [3.63, 3.8) is 0 Å². The summed E-state index contributed by atoms with van der Waals surface area (Å²) in [5.41, 5.74) is 11.5. The van der Waals surface area contributed by atoms with Crippen LogP contribution in [0.25, 0.3) is 5.69 Å². The normalized spacial score (nSPS) is 17.6. The lowest BCUT2D eigenvalue weighted by molar-refractivity contribution is 0.560. The largest absolute Gasteiger partial charge is 0.372 e. The molecule has 0 radical (unpaired) electrons. The van der Waals surface area contributed by atoms with Gasteiger partial charge in [-0.15, -0.1) is 0 Å². The number of benzene rings is 1. The van der Waals surface area contributed by atoms with Crippen LogP contribution < -0.4 is 10.6 Å². The highest BCUT2D eigenvalue weighted by atomic mass is 15.1. The molecule has 0 saturated carbocycles. The zero-order valence-electron chi connectivity index (χ0n) is 13.0. The molecule has 0 saturated heterocycles. The number of aromatic nitrogens is 1. The van der Waals surface area contributed by atoms with Crippen molar-refractivity contribution < 1.29 is 0 Å². The molecule has 2 N–H and O–H groups in total. The van der Waals surface area contributed by atoms with Gasteiger partial charge in [0.2, 0.25) is 0 Å². The minimum Gasteiger partial charge on any atom is -0.372 e. The van der Waals surface area contributed by atoms with Crippen LogP contribution in [0.2, 0.25) is 0 Å². The van der Waals surface area contributed by atoms with Gasteiger partial charge in [0.15, 0.2) is 0 Å². The highest BCUT2D eigenvalue weighted by Crippen LogP contribution is 2.31. The summed E-state index contributed by atoms with van der Waals surface area (Å²) in [5.74, 6) is 0. The van der Waals surface area contributed by atoms with Crippen LogP contribution in [0.1, 0.15) is 44.0 Å². The second kappa shape index (κ2) is 5.94. The minimum absolute atomic E-state index is 0.213. The van der Waals surface area contributed by atoms with E-state index in [4.69, 9.17) is 5.73 Å². The van der Waals surface area contributed by atoms with Crippen molar-refractivity contribution in [1.82, 2.24) is 4.57 Å². The van der Waals surface area contributed by atoms with Gasteiger partial charge in [-0.2, -0.15) is 0 Å². The first-order chi connectivity index (χ1) is 10.2. The van der Waals surface area contributed by atoms with Crippen LogP contribution in [-0.2, 0) is 6.42 Å². The number of hydrogen-bond acceptors (Lipinski definition) is 2. The predicted octanol–water partition coefficient (Wildman–Crippen LogP) is 3.66. The summed E-state index contributed by atoms with van der Waals surface area (Å²) < 4.78 is 2.31. The van der Waals surface area contributed by atoms with Gasteiger partial charge < -0.3 is 15.2 Å². The van der Waals surface area contributed by atoms with Crippen molar-refractivity contribution >= 4 is 5.69 Å². The monoisotopic (exact) mass is 283 g/mol. The Morgan fingerprint density at radius 3 is 2.52 bits per heavy atom. The number of nitrogens with zero attached hydrogens (tertiary/aromatic N) is 2. The molecule has 1 atom stereocenters. The summed E-state index contributed by atoms with van der Waals surface area (Å²) in [7, 11) is 0. The molecule has 1 aliphatic carbocycles. The van der Waals surface area contributed by atoms with E-state index in [0.29, 0.717) is 0 Å².